The molecule has 133 heavy (non-hydrogen) atoms. The Morgan fingerprint density at radius 2 is 0.617 bits per heavy atom. The van der Waals surface area contributed by atoms with Crippen LogP contribution in [0.5, 0.6) is 23.0 Å². The zero-order chi connectivity index (χ0) is 98.3. The van der Waals surface area contributed by atoms with Gasteiger partial charge in [-0.15, -0.1) is 0 Å². The third-order valence-electron chi connectivity index (χ3n) is 22.6. The van der Waals surface area contributed by atoms with Crippen molar-refractivity contribution in [3.8, 4) is 23.0 Å². The summed E-state index contributed by atoms with van der Waals surface area (Å²) in [4.78, 5) is 114. The average molecular weight is 1940 g/mol. The molecule has 29 nitrogen and oxygen atoms in total. The van der Waals surface area contributed by atoms with Gasteiger partial charge in [0.2, 0.25) is 24.4 Å². The summed E-state index contributed by atoms with van der Waals surface area (Å²) in [5, 5.41) is 1.26. The van der Waals surface area contributed by atoms with Crippen molar-refractivity contribution in [2.75, 3.05) is 23.0 Å². The minimum absolute atomic E-state index is 0.0108. The number of rotatable bonds is 28. The van der Waals surface area contributed by atoms with Gasteiger partial charge in [-0.05, 0) is 172 Å². The van der Waals surface area contributed by atoms with Crippen LogP contribution in [0.2, 0.25) is 0 Å². The number of Topliss-reactive ketones (excluding diaryl/α,β-unsaturated/α-hetero) is 1. The van der Waals surface area contributed by atoms with Gasteiger partial charge in [0.25, 0.3) is 0 Å². The molecule has 0 heterocycles. The van der Waals surface area contributed by atoms with Crippen molar-refractivity contribution in [2.24, 2.45) is 46.3 Å². The van der Waals surface area contributed by atoms with E-state index in [-0.39, 0.29) is 65.7 Å². The third-order valence-corrected chi connectivity index (χ3v) is 25.5. The van der Waals surface area contributed by atoms with E-state index in [1.165, 1.54) is 60.7 Å². The highest BCUT2D eigenvalue weighted by Crippen LogP contribution is 2.62. The molecule has 7 aromatic carbocycles. The van der Waals surface area contributed by atoms with Crippen LogP contribution in [0, 0.1) is 46.3 Å². The molecule has 8 aliphatic rings. The molecule has 8 radical (unpaired) electrons. The Bertz CT molecular complexity index is 6010. The summed E-state index contributed by atoms with van der Waals surface area (Å²) < 4.78 is 326. The minimum atomic E-state index is -5.38. The van der Waals surface area contributed by atoms with Crippen molar-refractivity contribution in [3.05, 3.63) is 201 Å². The van der Waals surface area contributed by atoms with Crippen molar-refractivity contribution in [1.29, 1.82) is 0 Å². The van der Waals surface area contributed by atoms with Crippen LogP contribution < -0.4 is 18.9 Å². The topological polar surface area (TPSA) is 456 Å². The predicted octanol–water partition coefficient (Wildman–Crippen LogP) is 11.0. The Labute approximate surface area is 756 Å². The van der Waals surface area contributed by atoms with E-state index < -0.39 is 211 Å². The molecule has 0 aromatic heterocycles. The minimum Gasteiger partial charge on any atom is -0.748 e. The van der Waals surface area contributed by atoms with Crippen LogP contribution in [-0.4, -0.2) is 209 Å². The summed E-state index contributed by atoms with van der Waals surface area (Å²) in [7, 11) is 0.802. The summed E-state index contributed by atoms with van der Waals surface area (Å²) in [6.45, 7) is 0. The maximum Gasteiger partial charge on any atom is 0.426 e. The van der Waals surface area contributed by atoms with Crippen molar-refractivity contribution in [1.82, 2.24) is 0 Å². The zero-order valence-corrected chi connectivity index (χ0v) is 72.1. The second-order valence-electron chi connectivity index (χ2n) is 32.5. The molecule has 0 N–H and O–H groups in total. The molecule has 6 atom stereocenters. The largest absolute Gasteiger partial charge is 0.748 e. The molecular formula is C84H72B4F12O29S4-4. The first kappa shape index (κ1) is 104. The SMILES string of the molecule is [B]Cc1ccc(C(=O)OC(CS(=O)(=O)[O-])C(F)(F)F)c(OC(=O)C23CC4CC(C2)C(=O)C(C4)C3)c1.[B]Cc1ccc(C(=O)OC(CS(=O)(=O)[O-])C(F)(F)F)c(OC(=O)C23CC4CC(CC(C4)C2)C3)c1.[B]Cc1ccc(C(=O)OC(CS(=O)(=O)[O-])C(F)(F)F)c(OC(=O)c2cccc3ccccc23)c1.[B]Cc1ccc(C(=O)OC(CS(=O)(=O)[O-])C(F)(F)F)c(OC(=O)c2ccccc2)c1. The van der Waals surface area contributed by atoms with Gasteiger partial charge in [0.1, 0.15) is 51.0 Å². The number of esters is 8. The van der Waals surface area contributed by atoms with Crippen LogP contribution in [-0.2, 0) is 99.1 Å². The monoisotopic (exact) mass is 1940 g/mol. The Balaban J connectivity index is 0.000000184. The highest BCUT2D eigenvalue weighted by atomic mass is 32.2. The molecule has 8 saturated carbocycles. The lowest BCUT2D eigenvalue weighted by Gasteiger charge is -2.55. The Kier molecular flexibility index (Phi) is 32.7. The quantitative estimate of drug-likeness (QED) is 0.0110. The van der Waals surface area contributed by atoms with E-state index in [1.54, 1.807) is 54.6 Å². The molecule has 7 aromatic rings. The average Bonchev–Trinajstić information content (AvgIpc) is 0.644. The maximum absolute atomic E-state index is 13.3. The summed E-state index contributed by atoms with van der Waals surface area (Å²) in [6, 6.07) is 33.5. The van der Waals surface area contributed by atoms with Crippen molar-refractivity contribution >= 4 is 136 Å². The van der Waals surface area contributed by atoms with Gasteiger partial charge in [-0.3, -0.25) is 14.4 Å². The van der Waals surface area contributed by atoms with Gasteiger partial charge in [0.15, 0.2) is 0 Å². The molecule has 49 heteroatoms. The maximum atomic E-state index is 13.3. The smallest absolute Gasteiger partial charge is 0.426 e. The van der Waals surface area contributed by atoms with Gasteiger partial charge in [-0.1, -0.05) is 126 Å². The molecule has 8 fully saturated rings. The molecule has 0 saturated heterocycles. The van der Waals surface area contributed by atoms with E-state index in [2.05, 4.69) is 18.9 Å². The number of fused-ring (bicyclic) bond motifs is 1. The predicted molar refractivity (Wildman–Crippen MR) is 436 cm³/mol. The standard InChI is InChI=1S/C22H22BF3O8S.C22H24BF3O7S.C22H16BF3O7S.C18H14BF3O7S/c23-9-11-1-2-15(19(28)34-17(22(24,25)26)10-35(30,31)32)16(5-11)33-20(29)21-6-12-3-13(7-21)18(27)14(4-12)8-21;23-10-12-1-2-16(19(27)33-18(22(24,25)26)11-34(29,30)31)17(6-12)32-20(28)21-7-13-3-14(8-21)5-15(4-13)9-21;23-11-13-8-9-17(21(28)33-19(22(24,25)26)12-34(29,30)31)18(10-13)32-20(27)16-7-3-5-14-4-1-2-6-15(14)16;19-9-11-6-7-13(14(8-11)28-16(23)12-4-2-1-3-5-12)17(24)29-15(18(20,21)22)10-30(25,26)27/h1-2,5,12-14,17H,3-4,6-10H2,(H,30,31,32);1-2,6,13-15,18H,3-5,7-11H2,(H,29,30,31);1-10,19H,11-12H2,(H,29,30,31);1-8,15H,9-10H2,(H,25,26,27)/p-4. The summed E-state index contributed by atoms with van der Waals surface area (Å²) in [5.41, 5.74) is -2.02. The molecule has 6 unspecified atom stereocenters. The van der Waals surface area contributed by atoms with Crippen molar-refractivity contribution in [3.63, 3.8) is 0 Å². The van der Waals surface area contributed by atoms with Gasteiger partial charge in [0, 0.05) is 11.8 Å². The second-order valence-corrected chi connectivity index (χ2v) is 38.2. The third kappa shape index (κ3) is 28.0. The van der Waals surface area contributed by atoms with Crippen LogP contribution in [0.25, 0.3) is 10.8 Å². The summed E-state index contributed by atoms with van der Waals surface area (Å²) >= 11 is 0. The molecule has 8 bridgehead atoms. The number of hydrogen-bond acceptors (Lipinski definition) is 29. The number of ketones is 1. The fourth-order valence-corrected chi connectivity index (χ4v) is 19.7. The highest BCUT2D eigenvalue weighted by molar-refractivity contribution is 7.86. The van der Waals surface area contributed by atoms with Gasteiger partial charge < -0.3 is 56.1 Å². The lowest BCUT2D eigenvalue weighted by molar-refractivity contribution is -0.197. The number of carbonyl (C=O) groups excluding carboxylic acids is 9. The molecule has 706 valence electrons. The first-order valence-corrected chi connectivity index (χ1v) is 46.2. The van der Waals surface area contributed by atoms with Gasteiger partial charge in [-0.25, -0.2) is 62.4 Å². The van der Waals surface area contributed by atoms with Gasteiger partial charge in [0.05, 0.1) is 117 Å². The van der Waals surface area contributed by atoms with Gasteiger partial charge >= 0.3 is 72.5 Å². The van der Waals surface area contributed by atoms with Crippen LogP contribution in [0.4, 0.5) is 52.7 Å². The molecule has 0 amide bonds. The summed E-state index contributed by atoms with van der Waals surface area (Å²) in [5.74, 6) is -17.9. The number of halogens is 12. The lowest BCUT2D eigenvalue weighted by Crippen LogP contribution is -2.55. The lowest BCUT2D eigenvalue weighted by atomic mass is 9.49. The van der Waals surface area contributed by atoms with E-state index in [0.29, 0.717) is 96.8 Å². The van der Waals surface area contributed by atoms with Crippen molar-refractivity contribution in [2.45, 2.75) is 145 Å². The molecule has 0 aliphatic heterocycles. The number of benzene rings is 7. The van der Waals surface area contributed by atoms with Crippen LogP contribution in [0.15, 0.2) is 146 Å². The molecular weight excluding hydrogens is 1870 g/mol. The first-order valence-electron chi connectivity index (χ1n) is 39.9. The Morgan fingerprint density at radius 3 is 0.925 bits per heavy atom. The molecule has 0 spiro atoms. The number of alkyl halides is 12. The fraction of sp³-hybridized carbons (Fsp3) is 0.417. The van der Waals surface area contributed by atoms with Crippen LogP contribution in [0.3, 0.4) is 0 Å². The fourth-order valence-electron chi connectivity index (χ4n) is 17.1. The van der Waals surface area contributed by atoms with Gasteiger partial charge in [-0.2, -0.15) is 52.7 Å². The van der Waals surface area contributed by atoms with E-state index in [4.69, 9.17) is 50.3 Å². The zero-order valence-electron chi connectivity index (χ0n) is 68.9. The van der Waals surface area contributed by atoms with Crippen molar-refractivity contribution < 1.29 is 186 Å². The van der Waals surface area contributed by atoms with E-state index in [9.17, 15) is 148 Å². The summed E-state index contributed by atoms with van der Waals surface area (Å²) in [6.07, 6.45) is -26.3. The Morgan fingerprint density at radius 1 is 0.338 bits per heavy atom. The normalized spacial score (nSPS) is 21.1. The molecule has 8 aliphatic carbocycles. The number of carbonyl (C=O) groups is 9. The Hall–Kier alpha value is -10.7. The van der Waals surface area contributed by atoms with Crippen LogP contribution >= 0.6 is 0 Å². The van der Waals surface area contributed by atoms with E-state index in [0.717, 1.165) is 55.0 Å². The van der Waals surface area contributed by atoms with E-state index in [1.807, 2.05) is 0 Å². The number of hydrogen-bond donors (Lipinski definition) is 0. The van der Waals surface area contributed by atoms with E-state index >= 15 is 0 Å². The number of ether oxygens (including phenoxy) is 8. The highest BCUT2D eigenvalue weighted by Gasteiger charge is 2.60. The molecule has 15 rings (SSSR count). The van der Waals surface area contributed by atoms with Crippen LogP contribution in [0.1, 0.15) is 155 Å². The first-order chi connectivity index (χ1) is 61.8. The second kappa shape index (κ2) is 41.6.